The van der Waals surface area contributed by atoms with Crippen LogP contribution in [0.2, 0.25) is 0 Å². The first-order valence-corrected chi connectivity index (χ1v) is 7.90. The fourth-order valence-corrected chi connectivity index (χ4v) is 3.61. The Morgan fingerprint density at radius 3 is 2.40 bits per heavy atom. The van der Waals surface area contributed by atoms with Gasteiger partial charge in [0, 0.05) is 37.6 Å². The highest BCUT2D eigenvalue weighted by Crippen LogP contribution is 2.37. The van der Waals surface area contributed by atoms with Crippen molar-refractivity contribution in [2.24, 2.45) is 5.41 Å². The molecule has 1 aromatic rings. The zero-order valence-corrected chi connectivity index (χ0v) is 12.7. The second-order valence-electron chi connectivity index (χ2n) is 7.08. The zero-order chi connectivity index (χ0) is 14.0. The molecule has 1 saturated heterocycles. The van der Waals surface area contributed by atoms with Crippen molar-refractivity contribution in [1.82, 2.24) is 15.3 Å². The minimum atomic E-state index is 0.538. The van der Waals surface area contributed by atoms with Crippen LogP contribution in [0.4, 0.5) is 5.95 Å². The van der Waals surface area contributed by atoms with Gasteiger partial charge in [-0.25, -0.2) is 9.97 Å². The predicted octanol–water partition coefficient (Wildman–Crippen LogP) is 2.61. The fraction of sp³-hybridized carbons (Fsp3) is 0.750. The van der Waals surface area contributed by atoms with E-state index < -0.39 is 0 Å². The van der Waals surface area contributed by atoms with E-state index in [9.17, 15) is 0 Å². The molecule has 1 aromatic heterocycles. The summed E-state index contributed by atoms with van der Waals surface area (Å²) in [4.78, 5) is 11.0. The lowest BCUT2D eigenvalue weighted by Gasteiger charge is -2.34. The molecule has 110 valence electrons. The molecule has 4 heteroatoms. The summed E-state index contributed by atoms with van der Waals surface area (Å²) in [5.74, 6) is 0.882. The highest BCUT2D eigenvalue weighted by atomic mass is 15.3. The molecule has 2 fully saturated rings. The Morgan fingerprint density at radius 1 is 1.10 bits per heavy atom. The van der Waals surface area contributed by atoms with Crippen molar-refractivity contribution in [3.8, 4) is 0 Å². The first kappa shape index (κ1) is 13.8. The third kappa shape index (κ3) is 3.29. The van der Waals surface area contributed by atoms with Crippen LogP contribution in [0.5, 0.6) is 0 Å². The third-order valence-electron chi connectivity index (χ3n) is 4.77. The van der Waals surface area contributed by atoms with Crippen LogP contribution in [0.15, 0.2) is 18.5 Å². The quantitative estimate of drug-likeness (QED) is 0.920. The summed E-state index contributed by atoms with van der Waals surface area (Å²) in [7, 11) is 0. The minimum absolute atomic E-state index is 0.538. The van der Waals surface area contributed by atoms with Crippen molar-refractivity contribution in [3.63, 3.8) is 0 Å². The Bertz CT molecular complexity index is 423. The molecule has 4 nitrogen and oxygen atoms in total. The van der Waals surface area contributed by atoms with Crippen LogP contribution in [0, 0.1) is 5.41 Å². The van der Waals surface area contributed by atoms with E-state index in [1.54, 1.807) is 0 Å². The van der Waals surface area contributed by atoms with Crippen LogP contribution in [-0.4, -0.2) is 35.1 Å². The Labute approximate surface area is 122 Å². The van der Waals surface area contributed by atoms with Gasteiger partial charge >= 0.3 is 0 Å². The number of aromatic nitrogens is 2. The molecule has 0 aromatic carbocycles. The van der Waals surface area contributed by atoms with Gasteiger partial charge in [0.1, 0.15) is 0 Å². The van der Waals surface area contributed by atoms with E-state index in [4.69, 9.17) is 0 Å². The Hall–Kier alpha value is -1.16. The minimum Gasteiger partial charge on any atom is -0.341 e. The normalized spacial score (nSPS) is 26.9. The molecule has 1 aliphatic heterocycles. The Balaban J connectivity index is 1.47. The summed E-state index contributed by atoms with van der Waals surface area (Å²) >= 11 is 0. The number of hydrogen-bond donors (Lipinski definition) is 1. The SMILES string of the molecule is CC1(C)CCC(NC2CCN(c3ncccn3)CC2)C1. The van der Waals surface area contributed by atoms with Gasteiger partial charge in [-0.1, -0.05) is 13.8 Å². The monoisotopic (exact) mass is 274 g/mol. The third-order valence-corrected chi connectivity index (χ3v) is 4.77. The van der Waals surface area contributed by atoms with Crippen LogP contribution in [0.1, 0.15) is 46.0 Å². The summed E-state index contributed by atoms with van der Waals surface area (Å²) in [6, 6.07) is 3.28. The number of nitrogens with one attached hydrogen (secondary N) is 1. The van der Waals surface area contributed by atoms with E-state index in [-0.39, 0.29) is 0 Å². The first-order valence-electron chi connectivity index (χ1n) is 7.90. The maximum absolute atomic E-state index is 4.34. The molecule has 1 saturated carbocycles. The van der Waals surface area contributed by atoms with Crippen molar-refractivity contribution in [3.05, 3.63) is 18.5 Å². The number of anilines is 1. The van der Waals surface area contributed by atoms with Gasteiger partial charge in [0.15, 0.2) is 0 Å². The summed E-state index contributed by atoms with van der Waals surface area (Å²) in [5.41, 5.74) is 0.538. The van der Waals surface area contributed by atoms with Gasteiger partial charge in [0.05, 0.1) is 0 Å². The summed E-state index contributed by atoms with van der Waals surface area (Å²) in [6.45, 7) is 6.92. The lowest BCUT2D eigenvalue weighted by Crippen LogP contribution is -2.46. The second-order valence-corrected chi connectivity index (χ2v) is 7.08. The van der Waals surface area contributed by atoms with E-state index in [0.717, 1.165) is 25.1 Å². The lowest BCUT2D eigenvalue weighted by molar-refractivity contribution is 0.331. The summed E-state index contributed by atoms with van der Waals surface area (Å²) in [6.07, 6.45) is 10.1. The predicted molar refractivity (Wildman–Crippen MR) is 81.8 cm³/mol. The molecule has 0 amide bonds. The van der Waals surface area contributed by atoms with Crippen molar-refractivity contribution in [2.45, 2.75) is 58.0 Å². The Kier molecular flexibility index (Phi) is 3.92. The van der Waals surface area contributed by atoms with Crippen molar-refractivity contribution in [2.75, 3.05) is 18.0 Å². The molecule has 0 radical (unpaired) electrons. The van der Waals surface area contributed by atoms with Gasteiger partial charge in [0.25, 0.3) is 0 Å². The molecule has 1 atom stereocenters. The average molecular weight is 274 g/mol. The highest BCUT2D eigenvalue weighted by Gasteiger charge is 2.32. The van der Waals surface area contributed by atoms with Gasteiger partial charge in [-0.05, 0) is 43.6 Å². The molecule has 0 spiro atoms. The Morgan fingerprint density at radius 2 is 1.80 bits per heavy atom. The van der Waals surface area contributed by atoms with E-state index in [0.29, 0.717) is 11.5 Å². The van der Waals surface area contributed by atoms with E-state index in [2.05, 4.69) is 34.0 Å². The van der Waals surface area contributed by atoms with Gasteiger partial charge in [0.2, 0.25) is 5.95 Å². The number of nitrogens with zero attached hydrogens (tertiary/aromatic N) is 3. The maximum Gasteiger partial charge on any atom is 0.225 e. The van der Waals surface area contributed by atoms with Gasteiger partial charge < -0.3 is 10.2 Å². The van der Waals surface area contributed by atoms with Gasteiger partial charge in [-0.15, -0.1) is 0 Å². The largest absolute Gasteiger partial charge is 0.341 e. The zero-order valence-electron chi connectivity index (χ0n) is 12.7. The average Bonchev–Trinajstić information content (AvgIpc) is 2.80. The van der Waals surface area contributed by atoms with Crippen molar-refractivity contribution in [1.29, 1.82) is 0 Å². The summed E-state index contributed by atoms with van der Waals surface area (Å²) < 4.78 is 0. The van der Waals surface area contributed by atoms with Crippen LogP contribution in [0.25, 0.3) is 0 Å². The molecular formula is C16H26N4. The van der Waals surface area contributed by atoms with Gasteiger partial charge in [-0.2, -0.15) is 0 Å². The molecular weight excluding hydrogens is 248 g/mol. The molecule has 1 unspecified atom stereocenters. The lowest BCUT2D eigenvalue weighted by atomic mass is 9.91. The molecule has 3 rings (SSSR count). The summed E-state index contributed by atoms with van der Waals surface area (Å²) in [5, 5.41) is 3.88. The molecule has 1 N–H and O–H groups in total. The highest BCUT2D eigenvalue weighted by molar-refractivity contribution is 5.29. The topological polar surface area (TPSA) is 41.0 Å². The maximum atomic E-state index is 4.34. The van der Waals surface area contributed by atoms with Crippen LogP contribution < -0.4 is 10.2 Å². The van der Waals surface area contributed by atoms with Crippen LogP contribution in [-0.2, 0) is 0 Å². The van der Waals surface area contributed by atoms with Crippen molar-refractivity contribution < 1.29 is 0 Å². The smallest absolute Gasteiger partial charge is 0.225 e. The van der Waals surface area contributed by atoms with Crippen molar-refractivity contribution >= 4 is 5.95 Å². The standard InChI is InChI=1S/C16H26N4/c1-16(2)7-4-14(12-16)19-13-5-10-20(11-6-13)15-17-8-3-9-18-15/h3,8-9,13-14,19H,4-7,10-12H2,1-2H3. The molecule has 0 bridgehead atoms. The first-order chi connectivity index (χ1) is 9.62. The van der Waals surface area contributed by atoms with E-state index in [1.807, 2.05) is 18.5 Å². The number of rotatable bonds is 3. The van der Waals surface area contributed by atoms with E-state index >= 15 is 0 Å². The fourth-order valence-electron chi connectivity index (χ4n) is 3.61. The molecule has 2 aliphatic rings. The van der Waals surface area contributed by atoms with Gasteiger partial charge in [-0.3, -0.25) is 0 Å². The molecule has 2 heterocycles. The van der Waals surface area contributed by atoms with E-state index in [1.165, 1.54) is 32.1 Å². The molecule has 1 aliphatic carbocycles. The molecule has 20 heavy (non-hydrogen) atoms. The number of piperidine rings is 1. The number of hydrogen-bond acceptors (Lipinski definition) is 4. The van der Waals surface area contributed by atoms with Crippen LogP contribution in [0.3, 0.4) is 0 Å². The van der Waals surface area contributed by atoms with Crippen LogP contribution >= 0.6 is 0 Å². The second kappa shape index (κ2) is 5.68.